The molecule has 90 valence electrons. The van der Waals surface area contributed by atoms with E-state index in [4.69, 9.17) is 0 Å². The van der Waals surface area contributed by atoms with Gasteiger partial charge in [-0.15, -0.1) is 0 Å². The third-order valence-corrected chi connectivity index (χ3v) is 2.77. The fourth-order valence-electron chi connectivity index (χ4n) is 1.94. The first kappa shape index (κ1) is 12.2. The molecule has 2 rings (SSSR count). The Hall–Kier alpha value is -2.22. The SMILES string of the molecule is C/N=C(/C(=N/C)c1ccccc1)c1ccccc1. The minimum Gasteiger partial charge on any atom is -0.286 e. The number of hydrogen-bond donors (Lipinski definition) is 0. The Morgan fingerprint density at radius 1 is 0.611 bits per heavy atom. The van der Waals surface area contributed by atoms with Crippen molar-refractivity contribution in [3.05, 3.63) is 71.8 Å². The van der Waals surface area contributed by atoms with E-state index in [1.165, 1.54) is 0 Å². The van der Waals surface area contributed by atoms with Crippen molar-refractivity contribution in [2.45, 2.75) is 0 Å². The summed E-state index contributed by atoms with van der Waals surface area (Å²) in [6, 6.07) is 20.3. The molecule has 0 amide bonds. The summed E-state index contributed by atoms with van der Waals surface area (Å²) in [6.45, 7) is 0. The van der Waals surface area contributed by atoms with Crippen LogP contribution in [0.4, 0.5) is 0 Å². The van der Waals surface area contributed by atoms with Crippen LogP contribution in [0.3, 0.4) is 0 Å². The van der Waals surface area contributed by atoms with Crippen LogP contribution in [0.15, 0.2) is 70.6 Å². The van der Waals surface area contributed by atoms with E-state index in [0.29, 0.717) is 0 Å². The molecule has 0 aliphatic heterocycles. The molecule has 0 bridgehead atoms. The van der Waals surface area contributed by atoms with Crippen molar-refractivity contribution in [3.8, 4) is 0 Å². The molecule has 0 N–H and O–H groups in total. The summed E-state index contributed by atoms with van der Waals surface area (Å²) >= 11 is 0. The van der Waals surface area contributed by atoms with Crippen molar-refractivity contribution in [1.29, 1.82) is 0 Å². The highest BCUT2D eigenvalue weighted by Crippen LogP contribution is 2.09. The number of nitrogens with zero attached hydrogens (tertiary/aromatic N) is 2. The molecule has 0 aliphatic carbocycles. The molecule has 18 heavy (non-hydrogen) atoms. The summed E-state index contributed by atoms with van der Waals surface area (Å²) in [5.74, 6) is 0. The van der Waals surface area contributed by atoms with E-state index in [-0.39, 0.29) is 0 Å². The normalized spacial score (nSPS) is 12.6. The molecule has 0 aliphatic rings. The molecule has 0 heterocycles. The number of hydrogen-bond acceptors (Lipinski definition) is 2. The molecule has 2 aromatic rings. The smallest absolute Gasteiger partial charge is 0.0901 e. The summed E-state index contributed by atoms with van der Waals surface area (Å²) < 4.78 is 0. The summed E-state index contributed by atoms with van der Waals surface area (Å²) in [5, 5.41) is 0. The predicted octanol–water partition coefficient (Wildman–Crippen LogP) is 3.22. The minimum absolute atomic E-state index is 0.921. The lowest BCUT2D eigenvalue weighted by Crippen LogP contribution is -2.17. The molecule has 0 aromatic heterocycles. The largest absolute Gasteiger partial charge is 0.286 e. The lowest BCUT2D eigenvalue weighted by Gasteiger charge is -2.09. The van der Waals surface area contributed by atoms with Crippen LogP contribution in [0.2, 0.25) is 0 Å². The predicted molar refractivity (Wildman–Crippen MR) is 77.8 cm³/mol. The monoisotopic (exact) mass is 236 g/mol. The van der Waals surface area contributed by atoms with Crippen molar-refractivity contribution in [3.63, 3.8) is 0 Å². The van der Waals surface area contributed by atoms with Gasteiger partial charge < -0.3 is 0 Å². The van der Waals surface area contributed by atoms with Crippen molar-refractivity contribution in [1.82, 2.24) is 0 Å². The standard InChI is InChI=1S/C16H16N2/c1-17-15(13-9-5-3-6-10-13)16(18-2)14-11-7-4-8-12-14/h3-12H,1-2H3/b17-15+,18-16+. The zero-order valence-corrected chi connectivity index (χ0v) is 10.7. The molecule has 0 fully saturated rings. The van der Waals surface area contributed by atoms with Crippen LogP contribution < -0.4 is 0 Å². The highest BCUT2D eigenvalue weighted by atomic mass is 14.8. The lowest BCUT2D eigenvalue weighted by atomic mass is 10.00. The second-order valence-corrected chi connectivity index (χ2v) is 3.88. The van der Waals surface area contributed by atoms with Gasteiger partial charge in [0.05, 0.1) is 11.4 Å². The molecule has 2 aromatic carbocycles. The second-order valence-electron chi connectivity index (χ2n) is 3.88. The number of aliphatic imine (C=N–C) groups is 2. The highest BCUT2D eigenvalue weighted by Gasteiger charge is 2.11. The molecule has 2 heteroatoms. The zero-order valence-electron chi connectivity index (χ0n) is 10.7. The molecule has 2 nitrogen and oxygen atoms in total. The van der Waals surface area contributed by atoms with Crippen LogP contribution in [0, 0.1) is 0 Å². The maximum absolute atomic E-state index is 4.39. The van der Waals surface area contributed by atoms with E-state index in [9.17, 15) is 0 Å². The van der Waals surface area contributed by atoms with E-state index in [2.05, 4.69) is 34.3 Å². The minimum atomic E-state index is 0.921. The van der Waals surface area contributed by atoms with Gasteiger partial charge in [0.1, 0.15) is 0 Å². The van der Waals surface area contributed by atoms with Crippen LogP contribution in [0.5, 0.6) is 0 Å². The maximum atomic E-state index is 4.39. The average molecular weight is 236 g/mol. The van der Waals surface area contributed by atoms with Crippen molar-refractivity contribution in [2.24, 2.45) is 9.98 Å². The van der Waals surface area contributed by atoms with E-state index < -0.39 is 0 Å². The Balaban J connectivity index is 2.45. The van der Waals surface area contributed by atoms with Gasteiger partial charge in [-0.05, 0) is 0 Å². The third kappa shape index (κ3) is 2.54. The van der Waals surface area contributed by atoms with Crippen molar-refractivity contribution in [2.75, 3.05) is 14.1 Å². The molecular formula is C16H16N2. The second kappa shape index (κ2) is 5.92. The van der Waals surface area contributed by atoms with Gasteiger partial charge in [-0.1, -0.05) is 60.7 Å². The van der Waals surface area contributed by atoms with Gasteiger partial charge in [0.2, 0.25) is 0 Å². The Morgan fingerprint density at radius 2 is 0.944 bits per heavy atom. The quantitative estimate of drug-likeness (QED) is 0.731. The van der Waals surface area contributed by atoms with Crippen LogP contribution in [-0.4, -0.2) is 25.5 Å². The van der Waals surface area contributed by atoms with E-state index in [1.54, 1.807) is 14.1 Å². The Morgan fingerprint density at radius 3 is 1.22 bits per heavy atom. The third-order valence-electron chi connectivity index (χ3n) is 2.77. The topological polar surface area (TPSA) is 24.7 Å². The van der Waals surface area contributed by atoms with E-state index >= 15 is 0 Å². The maximum Gasteiger partial charge on any atom is 0.0901 e. The first-order chi connectivity index (χ1) is 8.86. The van der Waals surface area contributed by atoms with Gasteiger partial charge in [-0.3, -0.25) is 9.98 Å². The average Bonchev–Trinajstić information content (AvgIpc) is 2.46. The first-order valence-electron chi connectivity index (χ1n) is 5.91. The zero-order chi connectivity index (χ0) is 12.8. The summed E-state index contributed by atoms with van der Waals surface area (Å²) in [4.78, 5) is 8.78. The molecule has 0 saturated carbocycles. The Kier molecular flexibility index (Phi) is 4.02. The van der Waals surface area contributed by atoms with Gasteiger partial charge in [0.25, 0.3) is 0 Å². The fraction of sp³-hybridized carbons (Fsp3) is 0.125. The first-order valence-corrected chi connectivity index (χ1v) is 5.91. The number of rotatable bonds is 3. The van der Waals surface area contributed by atoms with Crippen molar-refractivity contribution >= 4 is 11.4 Å². The molecule has 0 radical (unpaired) electrons. The van der Waals surface area contributed by atoms with Crippen LogP contribution in [0.1, 0.15) is 11.1 Å². The molecule has 0 atom stereocenters. The van der Waals surface area contributed by atoms with Gasteiger partial charge in [0.15, 0.2) is 0 Å². The Labute approximate surface area is 108 Å². The molecule has 0 spiro atoms. The molecule has 0 saturated heterocycles. The van der Waals surface area contributed by atoms with Gasteiger partial charge in [-0.25, -0.2) is 0 Å². The highest BCUT2D eigenvalue weighted by molar-refractivity contribution is 6.53. The van der Waals surface area contributed by atoms with E-state index in [1.807, 2.05) is 36.4 Å². The van der Waals surface area contributed by atoms with E-state index in [0.717, 1.165) is 22.6 Å². The lowest BCUT2D eigenvalue weighted by molar-refractivity contribution is 1.40. The van der Waals surface area contributed by atoms with Crippen LogP contribution >= 0.6 is 0 Å². The van der Waals surface area contributed by atoms with Gasteiger partial charge in [-0.2, -0.15) is 0 Å². The molecular weight excluding hydrogens is 220 g/mol. The summed E-state index contributed by atoms with van der Waals surface area (Å²) in [7, 11) is 3.60. The molecule has 0 unspecified atom stereocenters. The number of benzene rings is 2. The van der Waals surface area contributed by atoms with Crippen LogP contribution in [0.25, 0.3) is 0 Å². The van der Waals surface area contributed by atoms with Gasteiger partial charge in [0, 0.05) is 25.2 Å². The fourth-order valence-corrected chi connectivity index (χ4v) is 1.94. The van der Waals surface area contributed by atoms with Gasteiger partial charge >= 0.3 is 0 Å². The summed E-state index contributed by atoms with van der Waals surface area (Å²) in [5.41, 5.74) is 4.02. The van der Waals surface area contributed by atoms with Crippen LogP contribution in [-0.2, 0) is 0 Å². The summed E-state index contributed by atoms with van der Waals surface area (Å²) in [6.07, 6.45) is 0. The Bertz CT molecular complexity index is 501. The van der Waals surface area contributed by atoms with Crippen molar-refractivity contribution < 1.29 is 0 Å².